The van der Waals surface area contributed by atoms with Crippen LogP contribution in [0.5, 0.6) is 0 Å². The third-order valence-corrected chi connectivity index (χ3v) is 5.22. The Morgan fingerprint density at radius 2 is 2.00 bits per heavy atom. The summed E-state index contributed by atoms with van der Waals surface area (Å²) in [5.41, 5.74) is 6.48. The molecule has 5 heteroatoms. The van der Waals surface area contributed by atoms with E-state index in [1.165, 1.54) is 0 Å². The van der Waals surface area contributed by atoms with Crippen LogP contribution >= 0.6 is 0 Å². The molecular formula is C13H20N2O2S. The van der Waals surface area contributed by atoms with Gasteiger partial charge in [0.15, 0.2) is 0 Å². The molecule has 0 amide bonds. The van der Waals surface area contributed by atoms with Gasteiger partial charge >= 0.3 is 0 Å². The van der Waals surface area contributed by atoms with Crippen LogP contribution in [-0.4, -0.2) is 32.4 Å². The molecular weight excluding hydrogens is 248 g/mol. The van der Waals surface area contributed by atoms with Crippen molar-refractivity contribution in [3.05, 3.63) is 35.9 Å². The van der Waals surface area contributed by atoms with Crippen LogP contribution < -0.4 is 5.73 Å². The van der Waals surface area contributed by atoms with Crippen LogP contribution in [0, 0.1) is 5.92 Å². The van der Waals surface area contributed by atoms with Gasteiger partial charge in [-0.15, -0.1) is 0 Å². The minimum atomic E-state index is -3.20. The van der Waals surface area contributed by atoms with Crippen molar-refractivity contribution in [2.45, 2.75) is 18.6 Å². The second kappa shape index (κ2) is 5.82. The van der Waals surface area contributed by atoms with Gasteiger partial charge in [-0.2, -0.15) is 0 Å². The van der Waals surface area contributed by atoms with E-state index in [9.17, 15) is 8.42 Å². The zero-order chi connectivity index (χ0) is 13.0. The molecule has 4 nitrogen and oxygen atoms in total. The van der Waals surface area contributed by atoms with Crippen LogP contribution in [0.1, 0.15) is 18.4 Å². The molecule has 0 aliphatic carbocycles. The first-order chi connectivity index (χ1) is 8.62. The number of nitrogens with two attached hydrogens (primary N) is 1. The highest BCUT2D eigenvalue weighted by molar-refractivity contribution is 7.88. The molecule has 1 fully saturated rings. The van der Waals surface area contributed by atoms with Crippen molar-refractivity contribution < 1.29 is 8.42 Å². The third kappa shape index (κ3) is 3.31. The van der Waals surface area contributed by atoms with Crippen molar-refractivity contribution in [3.8, 4) is 0 Å². The lowest BCUT2D eigenvalue weighted by Crippen LogP contribution is -2.42. The summed E-state index contributed by atoms with van der Waals surface area (Å²) < 4.78 is 26.2. The number of hydrogen-bond acceptors (Lipinski definition) is 3. The van der Waals surface area contributed by atoms with E-state index in [4.69, 9.17) is 5.73 Å². The van der Waals surface area contributed by atoms with Crippen molar-refractivity contribution in [1.82, 2.24) is 4.31 Å². The Bertz CT molecular complexity index is 473. The molecule has 1 aromatic rings. The molecule has 0 saturated carbocycles. The van der Waals surface area contributed by atoms with Gasteiger partial charge in [0.1, 0.15) is 0 Å². The number of nitrogens with zero attached hydrogens (tertiary/aromatic N) is 1. The maximum Gasteiger partial charge on any atom is 0.218 e. The van der Waals surface area contributed by atoms with Crippen molar-refractivity contribution in [1.29, 1.82) is 0 Å². The summed E-state index contributed by atoms with van der Waals surface area (Å²) in [6.45, 7) is 1.77. The second-order valence-electron chi connectivity index (χ2n) is 4.84. The standard InChI is InChI=1S/C13H20N2O2S/c14-9-13-7-4-8-15(10-13)18(16,17)11-12-5-2-1-3-6-12/h1-3,5-6,13H,4,7-11,14H2. The highest BCUT2D eigenvalue weighted by Gasteiger charge is 2.28. The zero-order valence-corrected chi connectivity index (χ0v) is 11.3. The van der Waals surface area contributed by atoms with Gasteiger partial charge in [0.25, 0.3) is 0 Å². The largest absolute Gasteiger partial charge is 0.330 e. The molecule has 100 valence electrons. The molecule has 1 saturated heterocycles. The van der Waals surface area contributed by atoms with Crippen molar-refractivity contribution in [2.75, 3.05) is 19.6 Å². The Morgan fingerprint density at radius 3 is 2.67 bits per heavy atom. The Kier molecular flexibility index (Phi) is 4.37. The lowest BCUT2D eigenvalue weighted by atomic mass is 10.0. The summed E-state index contributed by atoms with van der Waals surface area (Å²) in [4.78, 5) is 0. The number of hydrogen-bond donors (Lipinski definition) is 1. The predicted molar refractivity (Wildman–Crippen MR) is 72.4 cm³/mol. The van der Waals surface area contributed by atoms with E-state index in [0.29, 0.717) is 25.6 Å². The van der Waals surface area contributed by atoms with Crippen LogP contribution in [0.15, 0.2) is 30.3 Å². The Balaban J connectivity index is 2.06. The average Bonchev–Trinajstić information content (AvgIpc) is 2.39. The van der Waals surface area contributed by atoms with E-state index in [1.807, 2.05) is 30.3 Å². The molecule has 0 aromatic heterocycles. The molecule has 0 bridgehead atoms. The first kappa shape index (κ1) is 13.5. The monoisotopic (exact) mass is 268 g/mol. The SMILES string of the molecule is NCC1CCCN(S(=O)(=O)Cc2ccccc2)C1. The molecule has 1 aliphatic rings. The summed E-state index contributed by atoms with van der Waals surface area (Å²) in [6.07, 6.45) is 1.95. The fourth-order valence-corrected chi connectivity index (χ4v) is 3.99. The van der Waals surface area contributed by atoms with Gasteiger partial charge in [0, 0.05) is 13.1 Å². The molecule has 18 heavy (non-hydrogen) atoms. The molecule has 2 rings (SSSR count). The van der Waals surface area contributed by atoms with Crippen LogP contribution in [-0.2, 0) is 15.8 Å². The summed E-state index contributed by atoms with van der Waals surface area (Å²) >= 11 is 0. The quantitative estimate of drug-likeness (QED) is 0.892. The smallest absolute Gasteiger partial charge is 0.218 e. The Morgan fingerprint density at radius 1 is 1.28 bits per heavy atom. The highest BCUT2D eigenvalue weighted by atomic mass is 32.2. The first-order valence-corrected chi connectivity index (χ1v) is 7.94. The van der Waals surface area contributed by atoms with Crippen LogP contribution in [0.2, 0.25) is 0 Å². The molecule has 0 spiro atoms. The summed E-state index contributed by atoms with van der Waals surface area (Å²) in [5, 5.41) is 0. The van der Waals surface area contributed by atoms with Gasteiger partial charge < -0.3 is 5.73 Å². The molecule has 1 atom stereocenters. The topological polar surface area (TPSA) is 63.4 Å². The maximum atomic E-state index is 12.3. The molecule has 2 N–H and O–H groups in total. The maximum absolute atomic E-state index is 12.3. The summed E-state index contributed by atoms with van der Waals surface area (Å²) in [5.74, 6) is 0.398. The van der Waals surface area contributed by atoms with Gasteiger partial charge in [-0.3, -0.25) is 0 Å². The minimum absolute atomic E-state index is 0.0884. The van der Waals surface area contributed by atoms with Crippen LogP contribution in [0.4, 0.5) is 0 Å². The number of benzene rings is 1. The highest BCUT2D eigenvalue weighted by Crippen LogP contribution is 2.20. The van der Waals surface area contributed by atoms with E-state index in [0.717, 1.165) is 18.4 Å². The van der Waals surface area contributed by atoms with Crippen molar-refractivity contribution in [2.24, 2.45) is 11.7 Å². The van der Waals surface area contributed by atoms with E-state index in [-0.39, 0.29) is 5.75 Å². The second-order valence-corrected chi connectivity index (χ2v) is 6.81. The van der Waals surface area contributed by atoms with Crippen molar-refractivity contribution in [3.63, 3.8) is 0 Å². The minimum Gasteiger partial charge on any atom is -0.330 e. The van der Waals surface area contributed by atoms with Gasteiger partial charge in [0.2, 0.25) is 10.0 Å². The normalized spacial score (nSPS) is 21.9. The van der Waals surface area contributed by atoms with E-state index in [2.05, 4.69) is 0 Å². The first-order valence-electron chi connectivity index (χ1n) is 6.33. The van der Waals surface area contributed by atoms with Crippen LogP contribution in [0.3, 0.4) is 0 Å². The number of piperidine rings is 1. The molecule has 1 unspecified atom stereocenters. The number of sulfonamides is 1. The molecule has 1 aromatic carbocycles. The Labute approximate surface area is 109 Å². The fraction of sp³-hybridized carbons (Fsp3) is 0.538. The summed E-state index contributed by atoms with van der Waals surface area (Å²) in [7, 11) is -3.20. The molecule has 0 radical (unpaired) electrons. The van der Waals surface area contributed by atoms with Gasteiger partial charge in [-0.25, -0.2) is 12.7 Å². The van der Waals surface area contributed by atoms with E-state index in [1.54, 1.807) is 4.31 Å². The van der Waals surface area contributed by atoms with E-state index < -0.39 is 10.0 Å². The zero-order valence-electron chi connectivity index (χ0n) is 10.5. The lowest BCUT2D eigenvalue weighted by molar-refractivity contribution is 0.271. The molecule has 1 aliphatic heterocycles. The fourth-order valence-electron chi connectivity index (χ4n) is 2.35. The predicted octanol–water partition coefficient (Wildman–Crippen LogP) is 1.19. The van der Waals surface area contributed by atoms with Gasteiger partial charge in [-0.1, -0.05) is 30.3 Å². The molecule has 1 heterocycles. The third-order valence-electron chi connectivity index (χ3n) is 3.40. The summed E-state index contributed by atoms with van der Waals surface area (Å²) in [6, 6.07) is 9.32. The average molecular weight is 268 g/mol. The lowest BCUT2D eigenvalue weighted by Gasteiger charge is -2.31. The van der Waals surface area contributed by atoms with Gasteiger partial charge in [0.05, 0.1) is 5.75 Å². The van der Waals surface area contributed by atoms with Crippen molar-refractivity contribution >= 4 is 10.0 Å². The van der Waals surface area contributed by atoms with Crippen LogP contribution in [0.25, 0.3) is 0 Å². The Hall–Kier alpha value is -0.910. The van der Waals surface area contributed by atoms with E-state index >= 15 is 0 Å². The number of rotatable bonds is 4. The van der Waals surface area contributed by atoms with Gasteiger partial charge in [-0.05, 0) is 30.9 Å².